The number of rotatable bonds is 3. The van der Waals surface area contributed by atoms with Crippen LogP contribution in [0, 0.1) is 0 Å². The maximum Gasteiger partial charge on any atom is 0.0642 e. The van der Waals surface area contributed by atoms with E-state index in [9.17, 15) is 0 Å². The SMILES string of the molecule is CCCc1ccc(N2CCOCC2)c2ccccc12. The Balaban J connectivity index is 2.07. The number of fused-ring (bicyclic) bond motifs is 1. The minimum atomic E-state index is 0.838. The molecule has 1 aliphatic rings. The van der Waals surface area contributed by atoms with Gasteiger partial charge in [0.1, 0.15) is 0 Å². The number of nitrogens with zero attached hydrogens (tertiary/aromatic N) is 1. The molecule has 2 nitrogen and oxygen atoms in total. The molecule has 2 aromatic carbocycles. The Morgan fingerprint density at radius 3 is 2.47 bits per heavy atom. The highest BCUT2D eigenvalue weighted by atomic mass is 16.5. The van der Waals surface area contributed by atoms with E-state index in [2.05, 4.69) is 48.2 Å². The molecule has 0 aromatic heterocycles. The van der Waals surface area contributed by atoms with Crippen molar-refractivity contribution in [2.45, 2.75) is 19.8 Å². The third-order valence-corrected chi connectivity index (χ3v) is 3.86. The minimum Gasteiger partial charge on any atom is -0.378 e. The number of benzene rings is 2. The summed E-state index contributed by atoms with van der Waals surface area (Å²) in [5, 5.41) is 2.80. The molecule has 100 valence electrons. The lowest BCUT2D eigenvalue weighted by Crippen LogP contribution is -2.36. The zero-order valence-corrected chi connectivity index (χ0v) is 11.6. The van der Waals surface area contributed by atoms with Crippen molar-refractivity contribution in [3.05, 3.63) is 42.0 Å². The number of ether oxygens (including phenoxy) is 1. The Morgan fingerprint density at radius 2 is 1.74 bits per heavy atom. The van der Waals surface area contributed by atoms with Gasteiger partial charge in [0.25, 0.3) is 0 Å². The van der Waals surface area contributed by atoms with Crippen LogP contribution in [0.2, 0.25) is 0 Å². The minimum absolute atomic E-state index is 0.838. The summed E-state index contributed by atoms with van der Waals surface area (Å²) in [4.78, 5) is 2.45. The molecule has 0 atom stereocenters. The van der Waals surface area contributed by atoms with Crippen LogP contribution in [0.5, 0.6) is 0 Å². The fraction of sp³-hybridized carbons (Fsp3) is 0.412. The van der Waals surface area contributed by atoms with Crippen LogP contribution in [-0.2, 0) is 11.2 Å². The van der Waals surface area contributed by atoms with Crippen molar-refractivity contribution in [1.29, 1.82) is 0 Å². The summed E-state index contributed by atoms with van der Waals surface area (Å²) in [5.41, 5.74) is 2.83. The van der Waals surface area contributed by atoms with E-state index in [1.54, 1.807) is 0 Å². The first-order valence-corrected chi connectivity index (χ1v) is 7.23. The second kappa shape index (κ2) is 5.62. The van der Waals surface area contributed by atoms with E-state index in [0.717, 1.165) is 32.7 Å². The zero-order chi connectivity index (χ0) is 13.1. The van der Waals surface area contributed by atoms with Gasteiger partial charge in [0.2, 0.25) is 0 Å². The Morgan fingerprint density at radius 1 is 1.00 bits per heavy atom. The summed E-state index contributed by atoms with van der Waals surface area (Å²) in [6.07, 6.45) is 2.35. The molecular formula is C17H21NO. The molecule has 1 fully saturated rings. The standard InChI is InChI=1S/C17H21NO/c1-2-5-14-8-9-17(18-10-12-19-13-11-18)16-7-4-3-6-15(14)16/h3-4,6-9H,2,5,10-13H2,1H3. The Hall–Kier alpha value is -1.54. The van der Waals surface area contributed by atoms with E-state index in [4.69, 9.17) is 4.74 Å². The van der Waals surface area contributed by atoms with Crippen molar-refractivity contribution < 1.29 is 4.74 Å². The molecule has 1 aliphatic heterocycles. The highest BCUT2D eigenvalue weighted by Crippen LogP contribution is 2.30. The van der Waals surface area contributed by atoms with E-state index in [-0.39, 0.29) is 0 Å². The molecule has 1 heterocycles. The van der Waals surface area contributed by atoms with Gasteiger partial charge in [0.05, 0.1) is 13.2 Å². The fourth-order valence-corrected chi connectivity index (χ4v) is 2.91. The van der Waals surface area contributed by atoms with Gasteiger partial charge in [-0.25, -0.2) is 0 Å². The molecule has 0 N–H and O–H groups in total. The number of morpholine rings is 1. The van der Waals surface area contributed by atoms with Crippen LogP contribution in [0.4, 0.5) is 5.69 Å². The van der Waals surface area contributed by atoms with E-state index in [1.165, 1.54) is 28.4 Å². The van der Waals surface area contributed by atoms with Gasteiger partial charge in [-0.05, 0) is 23.4 Å². The third kappa shape index (κ3) is 2.45. The molecule has 0 bridgehead atoms. The van der Waals surface area contributed by atoms with Gasteiger partial charge in [-0.1, -0.05) is 43.7 Å². The average Bonchev–Trinajstić information content (AvgIpc) is 2.49. The van der Waals surface area contributed by atoms with Crippen molar-refractivity contribution in [2.24, 2.45) is 0 Å². The summed E-state index contributed by atoms with van der Waals surface area (Å²) in [6, 6.07) is 13.4. The molecule has 2 heteroatoms. The maximum absolute atomic E-state index is 5.45. The average molecular weight is 255 g/mol. The van der Waals surface area contributed by atoms with Gasteiger partial charge in [-0.2, -0.15) is 0 Å². The molecule has 3 rings (SSSR count). The summed E-state index contributed by atoms with van der Waals surface area (Å²) < 4.78 is 5.45. The molecule has 2 aromatic rings. The second-order valence-corrected chi connectivity index (χ2v) is 5.14. The van der Waals surface area contributed by atoms with Crippen LogP contribution in [0.3, 0.4) is 0 Å². The number of hydrogen-bond donors (Lipinski definition) is 0. The van der Waals surface area contributed by atoms with Gasteiger partial charge >= 0.3 is 0 Å². The lowest BCUT2D eigenvalue weighted by Gasteiger charge is -2.30. The van der Waals surface area contributed by atoms with Gasteiger partial charge in [0.15, 0.2) is 0 Å². The molecule has 19 heavy (non-hydrogen) atoms. The van der Waals surface area contributed by atoms with Crippen molar-refractivity contribution in [2.75, 3.05) is 31.2 Å². The maximum atomic E-state index is 5.45. The number of hydrogen-bond acceptors (Lipinski definition) is 2. The molecule has 0 amide bonds. The first-order chi connectivity index (χ1) is 9.40. The molecular weight excluding hydrogens is 234 g/mol. The predicted octanol–water partition coefficient (Wildman–Crippen LogP) is 3.63. The predicted molar refractivity (Wildman–Crippen MR) is 81.0 cm³/mol. The van der Waals surface area contributed by atoms with Crippen molar-refractivity contribution in [3.8, 4) is 0 Å². The van der Waals surface area contributed by atoms with Crippen molar-refractivity contribution >= 4 is 16.5 Å². The molecule has 1 saturated heterocycles. The van der Waals surface area contributed by atoms with Gasteiger partial charge in [-0.3, -0.25) is 0 Å². The van der Waals surface area contributed by atoms with Gasteiger partial charge < -0.3 is 9.64 Å². The monoisotopic (exact) mass is 255 g/mol. The molecule has 0 spiro atoms. The number of anilines is 1. The zero-order valence-electron chi connectivity index (χ0n) is 11.6. The first kappa shape index (κ1) is 12.5. The fourth-order valence-electron chi connectivity index (χ4n) is 2.91. The van der Waals surface area contributed by atoms with E-state index < -0.39 is 0 Å². The highest BCUT2D eigenvalue weighted by molar-refractivity contribution is 5.96. The number of aryl methyl sites for hydroxylation is 1. The van der Waals surface area contributed by atoms with Crippen LogP contribution in [-0.4, -0.2) is 26.3 Å². The van der Waals surface area contributed by atoms with E-state index in [0.29, 0.717) is 0 Å². The largest absolute Gasteiger partial charge is 0.378 e. The van der Waals surface area contributed by atoms with E-state index in [1.807, 2.05) is 0 Å². The quantitative estimate of drug-likeness (QED) is 0.830. The lowest BCUT2D eigenvalue weighted by atomic mass is 9.99. The first-order valence-electron chi connectivity index (χ1n) is 7.23. The van der Waals surface area contributed by atoms with Crippen LogP contribution >= 0.6 is 0 Å². The Kier molecular flexibility index (Phi) is 3.69. The van der Waals surface area contributed by atoms with Crippen LogP contribution in [0.25, 0.3) is 10.8 Å². The van der Waals surface area contributed by atoms with Gasteiger partial charge in [-0.15, -0.1) is 0 Å². The normalized spacial score (nSPS) is 15.9. The summed E-state index contributed by atoms with van der Waals surface area (Å²) >= 11 is 0. The van der Waals surface area contributed by atoms with Crippen molar-refractivity contribution in [3.63, 3.8) is 0 Å². The highest BCUT2D eigenvalue weighted by Gasteiger charge is 2.14. The summed E-state index contributed by atoms with van der Waals surface area (Å²) in [5.74, 6) is 0. The smallest absolute Gasteiger partial charge is 0.0642 e. The topological polar surface area (TPSA) is 12.5 Å². The van der Waals surface area contributed by atoms with Crippen LogP contribution in [0.1, 0.15) is 18.9 Å². The van der Waals surface area contributed by atoms with E-state index >= 15 is 0 Å². The molecule has 0 radical (unpaired) electrons. The second-order valence-electron chi connectivity index (χ2n) is 5.14. The Bertz CT molecular complexity index is 558. The Labute approximate surface area is 115 Å². The van der Waals surface area contributed by atoms with Gasteiger partial charge in [0, 0.05) is 24.2 Å². The summed E-state index contributed by atoms with van der Waals surface area (Å²) in [6.45, 7) is 5.91. The van der Waals surface area contributed by atoms with Crippen LogP contribution < -0.4 is 4.90 Å². The van der Waals surface area contributed by atoms with Crippen molar-refractivity contribution in [1.82, 2.24) is 0 Å². The third-order valence-electron chi connectivity index (χ3n) is 3.86. The lowest BCUT2D eigenvalue weighted by molar-refractivity contribution is 0.123. The molecule has 0 aliphatic carbocycles. The molecule has 0 saturated carbocycles. The summed E-state index contributed by atoms with van der Waals surface area (Å²) in [7, 11) is 0. The van der Waals surface area contributed by atoms with Crippen LogP contribution in [0.15, 0.2) is 36.4 Å². The molecule has 0 unspecified atom stereocenters.